The van der Waals surface area contributed by atoms with Gasteiger partial charge in [-0.1, -0.05) is 0 Å². The summed E-state index contributed by atoms with van der Waals surface area (Å²) in [6.45, 7) is 2.49. The number of anilines is 1. The number of primary amides is 1. The quantitative estimate of drug-likeness (QED) is 0.496. The van der Waals surface area contributed by atoms with E-state index in [0.717, 1.165) is 41.8 Å². The van der Waals surface area contributed by atoms with Crippen molar-refractivity contribution in [3.8, 4) is 10.6 Å². The second kappa shape index (κ2) is 8.62. The standard InChI is InChI=1S/C20H22F2N4OS/c1-11-8-12(20-26-17-9-13(21)14(22)10-18(17)28-20)5-6-15(11)25-16(19(24)27)4-2-3-7-23/h5-6,8-10,16,25H,2-4,7,23H2,1H3,(H2,24,27). The van der Waals surface area contributed by atoms with Gasteiger partial charge in [0.15, 0.2) is 11.6 Å². The molecule has 8 heteroatoms. The summed E-state index contributed by atoms with van der Waals surface area (Å²) in [5, 5.41) is 3.86. The maximum Gasteiger partial charge on any atom is 0.239 e. The average Bonchev–Trinajstić information content (AvgIpc) is 3.05. The SMILES string of the molecule is Cc1cc(-c2nc3cc(F)c(F)cc3s2)ccc1NC(CCCCN)C(N)=O. The molecule has 1 heterocycles. The molecule has 0 radical (unpaired) electrons. The third-order valence-electron chi connectivity index (χ3n) is 4.52. The van der Waals surface area contributed by atoms with Crippen LogP contribution in [0.15, 0.2) is 30.3 Å². The molecule has 0 saturated carbocycles. The third kappa shape index (κ3) is 4.45. The normalized spacial score (nSPS) is 12.3. The van der Waals surface area contributed by atoms with Crippen LogP contribution in [0.25, 0.3) is 20.8 Å². The number of rotatable bonds is 8. The van der Waals surface area contributed by atoms with Crippen molar-refractivity contribution < 1.29 is 13.6 Å². The van der Waals surface area contributed by atoms with E-state index in [9.17, 15) is 13.6 Å². The number of aromatic nitrogens is 1. The van der Waals surface area contributed by atoms with E-state index in [1.807, 2.05) is 25.1 Å². The third-order valence-corrected chi connectivity index (χ3v) is 5.59. The van der Waals surface area contributed by atoms with Crippen LogP contribution in [0.3, 0.4) is 0 Å². The molecule has 3 aromatic rings. The highest BCUT2D eigenvalue weighted by Crippen LogP contribution is 2.33. The lowest BCUT2D eigenvalue weighted by Gasteiger charge is -2.18. The van der Waals surface area contributed by atoms with Crippen molar-refractivity contribution in [1.29, 1.82) is 0 Å². The highest BCUT2D eigenvalue weighted by molar-refractivity contribution is 7.21. The van der Waals surface area contributed by atoms with Crippen molar-refractivity contribution in [2.45, 2.75) is 32.2 Å². The molecule has 0 saturated heterocycles. The molecule has 5 nitrogen and oxygen atoms in total. The number of halogens is 2. The Morgan fingerprint density at radius 1 is 1.21 bits per heavy atom. The minimum Gasteiger partial charge on any atom is -0.373 e. The molecule has 3 rings (SSSR count). The number of benzene rings is 2. The van der Waals surface area contributed by atoms with Gasteiger partial charge >= 0.3 is 0 Å². The zero-order chi connectivity index (χ0) is 20.3. The number of unbranched alkanes of at least 4 members (excludes halogenated alkanes) is 1. The van der Waals surface area contributed by atoms with Gasteiger partial charge in [-0.05, 0) is 62.6 Å². The second-order valence-corrected chi connectivity index (χ2v) is 7.70. The van der Waals surface area contributed by atoms with Crippen molar-refractivity contribution in [1.82, 2.24) is 4.98 Å². The summed E-state index contributed by atoms with van der Waals surface area (Å²) in [7, 11) is 0. The van der Waals surface area contributed by atoms with Gasteiger partial charge in [-0.25, -0.2) is 13.8 Å². The summed E-state index contributed by atoms with van der Waals surface area (Å²) < 4.78 is 27.4. The van der Waals surface area contributed by atoms with Crippen LogP contribution in [0, 0.1) is 18.6 Å². The van der Waals surface area contributed by atoms with Crippen LogP contribution in [0.1, 0.15) is 24.8 Å². The lowest BCUT2D eigenvalue weighted by molar-refractivity contribution is -0.118. The van der Waals surface area contributed by atoms with Crippen LogP contribution >= 0.6 is 11.3 Å². The van der Waals surface area contributed by atoms with Gasteiger partial charge < -0.3 is 16.8 Å². The summed E-state index contributed by atoms with van der Waals surface area (Å²) in [5.74, 6) is -2.20. The summed E-state index contributed by atoms with van der Waals surface area (Å²) in [4.78, 5) is 16.1. The molecule has 0 bridgehead atoms. The molecule has 0 spiro atoms. The zero-order valence-corrected chi connectivity index (χ0v) is 16.3. The Balaban J connectivity index is 1.82. The predicted molar refractivity (Wildman–Crippen MR) is 109 cm³/mol. The van der Waals surface area contributed by atoms with Crippen molar-refractivity contribution >= 4 is 33.1 Å². The molecule has 0 aliphatic rings. The van der Waals surface area contributed by atoms with Gasteiger partial charge in [0.25, 0.3) is 0 Å². The van der Waals surface area contributed by atoms with E-state index < -0.39 is 23.6 Å². The minimum atomic E-state index is -0.910. The highest BCUT2D eigenvalue weighted by Gasteiger charge is 2.16. The number of hydrogen-bond donors (Lipinski definition) is 3. The van der Waals surface area contributed by atoms with E-state index in [1.54, 1.807) is 0 Å². The molecule has 5 N–H and O–H groups in total. The molecule has 1 aromatic heterocycles. The fraction of sp³-hybridized carbons (Fsp3) is 0.300. The van der Waals surface area contributed by atoms with Crippen LogP contribution in [-0.2, 0) is 4.79 Å². The molecule has 28 heavy (non-hydrogen) atoms. The van der Waals surface area contributed by atoms with E-state index >= 15 is 0 Å². The second-order valence-electron chi connectivity index (χ2n) is 6.67. The number of fused-ring (bicyclic) bond motifs is 1. The molecular weight excluding hydrogens is 382 g/mol. The van der Waals surface area contributed by atoms with Gasteiger partial charge in [-0.15, -0.1) is 11.3 Å². The summed E-state index contributed by atoms with van der Waals surface area (Å²) in [6, 6.07) is 7.43. The number of hydrogen-bond acceptors (Lipinski definition) is 5. The number of aryl methyl sites for hydroxylation is 1. The van der Waals surface area contributed by atoms with E-state index in [0.29, 0.717) is 28.2 Å². The largest absolute Gasteiger partial charge is 0.373 e. The number of carbonyl (C=O) groups excluding carboxylic acids is 1. The van der Waals surface area contributed by atoms with Crippen molar-refractivity contribution in [3.05, 3.63) is 47.5 Å². The molecule has 0 fully saturated rings. The first kappa shape index (κ1) is 20.2. The lowest BCUT2D eigenvalue weighted by Crippen LogP contribution is -2.35. The summed E-state index contributed by atoms with van der Waals surface area (Å²) in [6.07, 6.45) is 2.26. The summed E-state index contributed by atoms with van der Waals surface area (Å²) >= 11 is 1.30. The van der Waals surface area contributed by atoms with Crippen molar-refractivity contribution in [3.63, 3.8) is 0 Å². The van der Waals surface area contributed by atoms with Gasteiger partial charge in [0.2, 0.25) is 5.91 Å². The minimum absolute atomic E-state index is 0.407. The fourth-order valence-corrected chi connectivity index (χ4v) is 3.94. The Morgan fingerprint density at radius 3 is 2.64 bits per heavy atom. The van der Waals surface area contributed by atoms with Crippen LogP contribution < -0.4 is 16.8 Å². The Bertz CT molecular complexity index is 966. The number of nitrogens with one attached hydrogen (secondary N) is 1. The average molecular weight is 404 g/mol. The molecule has 1 atom stereocenters. The zero-order valence-electron chi connectivity index (χ0n) is 15.5. The first-order chi connectivity index (χ1) is 13.4. The number of amides is 1. The van der Waals surface area contributed by atoms with Crippen LogP contribution in [0.4, 0.5) is 14.5 Å². The smallest absolute Gasteiger partial charge is 0.239 e. The molecule has 1 unspecified atom stereocenters. The highest BCUT2D eigenvalue weighted by atomic mass is 32.1. The van der Waals surface area contributed by atoms with Gasteiger partial charge in [-0.2, -0.15) is 0 Å². The Morgan fingerprint density at radius 2 is 1.96 bits per heavy atom. The molecule has 0 aliphatic carbocycles. The topological polar surface area (TPSA) is 94.0 Å². The van der Waals surface area contributed by atoms with E-state index in [-0.39, 0.29) is 0 Å². The first-order valence-electron chi connectivity index (χ1n) is 9.01. The van der Waals surface area contributed by atoms with Crippen LogP contribution in [0.5, 0.6) is 0 Å². The number of carbonyl (C=O) groups is 1. The molecule has 148 valence electrons. The van der Waals surface area contributed by atoms with Crippen LogP contribution in [-0.4, -0.2) is 23.5 Å². The maximum absolute atomic E-state index is 13.4. The number of thiazole rings is 1. The van der Waals surface area contributed by atoms with Gasteiger partial charge in [0.1, 0.15) is 11.0 Å². The monoisotopic (exact) mass is 404 g/mol. The van der Waals surface area contributed by atoms with E-state index in [1.165, 1.54) is 11.3 Å². The van der Waals surface area contributed by atoms with Gasteiger partial charge in [0.05, 0.1) is 10.2 Å². The van der Waals surface area contributed by atoms with Gasteiger partial charge in [0, 0.05) is 17.3 Å². The molecule has 1 amide bonds. The Hall–Kier alpha value is -2.58. The Labute approximate surface area is 165 Å². The summed E-state index contributed by atoms with van der Waals surface area (Å²) in [5.41, 5.74) is 14.0. The number of nitrogens with two attached hydrogens (primary N) is 2. The maximum atomic E-state index is 13.4. The van der Waals surface area contributed by atoms with E-state index in [4.69, 9.17) is 11.5 Å². The van der Waals surface area contributed by atoms with Crippen molar-refractivity contribution in [2.24, 2.45) is 11.5 Å². The molecular formula is C20H22F2N4OS. The first-order valence-corrected chi connectivity index (χ1v) is 9.83. The molecule has 2 aromatic carbocycles. The molecule has 0 aliphatic heterocycles. The van der Waals surface area contributed by atoms with Crippen molar-refractivity contribution in [2.75, 3.05) is 11.9 Å². The van der Waals surface area contributed by atoms with Crippen LogP contribution in [0.2, 0.25) is 0 Å². The van der Waals surface area contributed by atoms with E-state index in [2.05, 4.69) is 10.3 Å². The lowest BCUT2D eigenvalue weighted by atomic mass is 10.1. The Kier molecular flexibility index (Phi) is 6.21. The fourth-order valence-electron chi connectivity index (χ4n) is 2.97. The number of nitrogens with zero attached hydrogens (tertiary/aromatic N) is 1. The van der Waals surface area contributed by atoms with Gasteiger partial charge in [-0.3, -0.25) is 4.79 Å². The predicted octanol–water partition coefficient (Wildman–Crippen LogP) is 3.94.